The Balaban J connectivity index is 2.07. The number of halogens is 1. The molecule has 1 aromatic rings. The summed E-state index contributed by atoms with van der Waals surface area (Å²) in [6.45, 7) is 0. The van der Waals surface area contributed by atoms with Crippen molar-refractivity contribution in [2.24, 2.45) is 0 Å². The van der Waals surface area contributed by atoms with Crippen LogP contribution in [0.15, 0.2) is 29.7 Å². The molecule has 1 atom stereocenters. The summed E-state index contributed by atoms with van der Waals surface area (Å²) < 4.78 is 35.4. The van der Waals surface area contributed by atoms with Gasteiger partial charge in [0, 0.05) is 5.41 Å². The van der Waals surface area contributed by atoms with Gasteiger partial charge in [0.2, 0.25) is 0 Å². The van der Waals surface area contributed by atoms with Gasteiger partial charge in [-0.2, -0.15) is 0 Å². The van der Waals surface area contributed by atoms with E-state index in [9.17, 15) is 22.4 Å². The SMILES string of the molecule is O=C(Nc1ccc(F)cc1C(=O)O)NC1C=CS(=O)(=O)C1. The summed E-state index contributed by atoms with van der Waals surface area (Å²) in [4.78, 5) is 22.7. The molecule has 0 saturated heterocycles. The van der Waals surface area contributed by atoms with Gasteiger partial charge in [-0.15, -0.1) is 0 Å². The van der Waals surface area contributed by atoms with Crippen LogP contribution in [0.3, 0.4) is 0 Å². The highest BCUT2D eigenvalue weighted by atomic mass is 32.2. The van der Waals surface area contributed by atoms with Gasteiger partial charge in [-0.25, -0.2) is 22.4 Å². The Morgan fingerprint density at radius 2 is 2.05 bits per heavy atom. The van der Waals surface area contributed by atoms with E-state index in [0.29, 0.717) is 0 Å². The number of urea groups is 1. The monoisotopic (exact) mass is 314 g/mol. The number of anilines is 1. The third kappa shape index (κ3) is 3.78. The number of sulfone groups is 1. The number of carboxylic acid groups (broad SMARTS) is 1. The van der Waals surface area contributed by atoms with Crippen LogP contribution in [0.5, 0.6) is 0 Å². The average Bonchev–Trinajstić information content (AvgIpc) is 2.70. The number of hydrogen-bond acceptors (Lipinski definition) is 4. The second-order valence-corrected chi connectivity index (χ2v) is 6.29. The van der Waals surface area contributed by atoms with Crippen LogP contribution in [0.1, 0.15) is 10.4 Å². The maximum absolute atomic E-state index is 13.0. The predicted octanol–water partition coefficient (Wildman–Crippen LogP) is 0.956. The van der Waals surface area contributed by atoms with E-state index in [-0.39, 0.29) is 11.4 Å². The fraction of sp³-hybridized carbons (Fsp3) is 0.167. The molecule has 0 spiro atoms. The summed E-state index contributed by atoms with van der Waals surface area (Å²) in [5, 5.41) is 14.5. The number of hydrogen-bond donors (Lipinski definition) is 3. The van der Waals surface area contributed by atoms with Gasteiger partial charge in [-0.05, 0) is 24.3 Å². The van der Waals surface area contributed by atoms with Crippen molar-refractivity contribution in [3.05, 3.63) is 41.1 Å². The van der Waals surface area contributed by atoms with Crippen molar-refractivity contribution < 1.29 is 27.5 Å². The van der Waals surface area contributed by atoms with Crippen molar-refractivity contribution in [3.63, 3.8) is 0 Å². The highest BCUT2D eigenvalue weighted by Gasteiger charge is 2.23. The van der Waals surface area contributed by atoms with Gasteiger partial charge in [0.05, 0.1) is 23.0 Å². The predicted molar refractivity (Wildman–Crippen MR) is 72.2 cm³/mol. The molecular formula is C12H11FN2O5S. The molecule has 0 aliphatic carbocycles. The van der Waals surface area contributed by atoms with Crippen molar-refractivity contribution in [2.45, 2.75) is 6.04 Å². The largest absolute Gasteiger partial charge is 0.478 e. The Labute approximate surface area is 119 Å². The van der Waals surface area contributed by atoms with Crippen LogP contribution in [0.4, 0.5) is 14.9 Å². The minimum absolute atomic E-state index is 0.0915. The number of carbonyl (C=O) groups excluding carboxylic acids is 1. The number of nitrogens with one attached hydrogen (secondary N) is 2. The van der Waals surface area contributed by atoms with Crippen molar-refractivity contribution in [3.8, 4) is 0 Å². The van der Waals surface area contributed by atoms with E-state index in [2.05, 4.69) is 10.6 Å². The zero-order valence-corrected chi connectivity index (χ0v) is 11.4. The lowest BCUT2D eigenvalue weighted by Crippen LogP contribution is -2.38. The van der Waals surface area contributed by atoms with Gasteiger partial charge < -0.3 is 15.7 Å². The normalized spacial score (nSPS) is 19.2. The fourth-order valence-corrected chi connectivity index (χ4v) is 3.03. The van der Waals surface area contributed by atoms with Gasteiger partial charge in [0.1, 0.15) is 5.82 Å². The van der Waals surface area contributed by atoms with E-state index in [1.807, 2.05) is 0 Å². The van der Waals surface area contributed by atoms with Crippen molar-refractivity contribution >= 4 is 27.5 Å². The van der Waals surface area contributed by atoms with E-state index >= 15 is 0 Å². The van der Waals surface area contributed by atoms with Crippen LogP contribution in [-0.4, -0.2) is 37.3 Å². The lowest BCUT2D eigenvalue weighted by atomic mass is 10.1. The van der Waals surface area contributed by atoms with E-state index in [1.165, 1.54) is 6.08 Å². The van der Waals surface area contributed by atoms with Crippen molar-refractivity contribution in [1.82, 2.24) is 5.32 Å². The molecule has 0 fully saturated rings. The molecule has 9 heteroatoms. The van der Waals surface area contributed by atoms with Crippen LogP contribution >= 0.6 is 0 Å². The minimum atomic E-state index is -3.31. The first-order valence-corrected chi connectivity index (χ1v) is 7.50. The fourth-order valence-electron chi connectivity index (χ4n) is 1.79. The maximum atomic E-state index is 13.0. The number of rotatable bonds is 3. The van der Waals surface area contributed by atoms with Gasteiger partial charge in [0.25, 0.3) is 0 Å². The molecule has 112 valence electrons. The Morgan fingerprint density at radius 1 is 1.33 bits per heavy atom. The standard InChI is InChI=1S/C12H11FN2O5S/c13-7-1-2-10(9(5-7)11(16)17)15-12(18)14-8-3-4-21(19,20)6-8/h1-5,8H,6H2,(H,16,17)(H2,14,15,18). The quantitative estimate of drug-likeness (QED) is 0.769. The van der Waals surface area contributed by atoms with E-state index in [1.54, 1.807) is 0 Å². The summed E-state index contributed by atoms with van der Waals surface area (Å²) in [6, 6.07) is 1.42. The van der Waals surface area contributed by atoms with Crippen LogP contribution < -0.4 is 10.6 Å². The molecule has 1 heterocycles. The molecule has 0 aromatic heterocycles. The third-order valence-corrected chi connectivity index (χ3v) is 4.10. The molecule has 21 heavy (non-hydrogen) atoms. The summed E-state index contributed by atoms with van der Waals surface area (Å²) in [7, 11) is -3.31. The molecular weight excluding hydrogens is 303 g/mol. The highest BCUT2D eigenvalue weighted by molar-refractivity contribution is 7.94. The van der Waals surface area contributed by atoms with Gasteiger partial charge >= 0.3 is 12.0 Å². The summed E-state index contributed by atoms with van der Waals surface area (Å²) in [5.41, 5.74) is -0.494. The molecule has 0 bridgehead atoms. The molecule has 2 amide bonds. The zero-order chi connectivity index (χ0) is 15.6. The van der Waals surface area contributed by atoms with Crippen molar-refractivity contribution in [1.29, 1.82) is 0 Å². The van der Waals surface area contributed by atoms with E-state index in [0.717, 1.165) is 23.6 Å². The lowest BCUT2D eigenvalue weighted by molar-refractivity contribution is 0.0697. The Hall–Kier alpha value is -2.42. The molecule has 1 aliphatic rings. The zero-order valence-electron chi connectivity index (χ0n) is 10.5. The Morgan fingerprint density at radius 3 is 2.62 bits per heavy atom. The van der Waals surface area contributed by atoms with Crippen LogP contribution in [-0.2, 0) is 9.84 Å². The number of carbonyl (C=O) groups is 2. The number of benzene rings is 1. The van der Waals surface area contributed by atoms with Crippen molar-refractivity contribution in [2.75, 3.05) is 11.1 Å². The van der Waals surface area contributed by atoms with E-state index in [4.69, 9.17) is 5.11 Å². The first-order valence-electron chi connectivity index (χ1n) is 5.78. The maximum Gasteiger partial charge on any atom is 0.337 e. The van der Waals surface area contributed by atoms with E-state index < -0.39 is 39.3 Å². The number of amides is 2. The minimum Gasteiger partial charge on any atom is -0.478 e. The average molecular weight is 314 g/mol. The van der Waals surface area contributed by atoms with Crippen LogP contribution in [0, 0.1) is 5.82 Å². The van der Waals surface area contributed by atoms with Gasteiger partial charge in [-0.3, -0.25) is 0 Å². The second kappa shape index (κ2) is 5.52. The molecule has 7 nitrogen and oxygen atoms in total. The molecule has 1 unspecified atom stereocenters. The molecule has 0 saturated carbocycles. The third-order valence-electron chi connectivity index (χ3n) is 2.71. The smallest absolute Gasteiger partial charge is 0.337 e. The summed E-state index contributed by atoms with van der Waals surface area (Å²) in [6.07, 6.45) is 1.32. The highest BCUT2D eigenvalue weighted by Crippen LogP contribution is 2.17. The molecule has 2 rings (SSSR count). The topological polar surface area (TPSA) is 113 Å². The summed E-state index contributed by atoms with van der Waals surface area (Å²) >= 11 is 0. The number of aromatic carboxylic acids is 1. The Kier molecular flexibility index (Phi) is 3.94. The first kappa shape index (κ1) is 15.0. The van der Waals surface area contributed by atoms with Gasteiger partial charge in [0.15, 0.2) is 9.84 Å². The second-order valence-electron chi connectivity index (χ2n) is 4.36. The first-order chi connectivity index (χ1) is 9.77. The lowest BCUT2D eigenvalue weighted by Gasteiger charge is -2.12. The molecule has 3 N–H and O–H groups in total. The molecule has 1 aliphatic heterocycles. The molecule has 0 radical (unpaired) electrons. The van der Waals surface area contributed by atoms with Gasteiger partial charge in [-0.1, -0.05) is 0 Å². The Bertz CT molecular complexity index is 729. The van der Waals surface area contributed by atoms with Crippen LogP contribution in [0.25, 0.3) is 0 Å². The summed E-state index contributed by atoms with van der Waals surface area (Å²) in [5.74, 6) is -2.40. The van der Waals surface area contributed by atoms with Crippen LogP contribution in [0.2, 0.25) is 0 Å². The number of carboxylic acids is 1. The molecule has 1 aromatic carbocycles.